The maximum absolute atomic E-state index is 12.8. The van der Waals surface area contributed by atoms with E-state index in [-0.39, 0.29) is 23.9 Å². The van der Waals surface area contributed by atoms with Crippen molar-refractivity contribution < 1.29 is 13.5 Å². The number of rotatable bonds is 7. The SMILES string of the molecule is CCNC(=NCc1nccn1C(F)F)NCC(OC)C(C)(C)C. The number of hydrogen-bond acceptors (Lipinski definition) is 3. The summed E-state index contributed by atoms with van der Waals surface area (Å²) in [6.45, 7) is 6.90. The minimum atomic E-state index is -2.61. The molecule has 0 aliphatic rings. The summed E-state index contributed by atoms with van der Waals surface area (Å²) in [7, 11) is 1.67. The van der Waals surface area contributed by atoms with Gasteiger partial charge in [-0.05, 0) is 12.3 Å². The highest BCUT2D eigenvalue weighted by Crippen LogP contribution is 2.20. The molecule has 1 rings (SSSR count). The molecule has 0 spiro atoms. The summed E-state index contributed by atoms with van der Waals surface area (Å²) in [5.74, 6) is 0.763. The van der Waals surface area contributed by atoms with Crippen molar-refractivity contribution in [1.29, 1.82) is 0 Å². The lowest BCUT2D eigenvalue weighted by atomic mass is 9.89. The van der Waals surface area contributed by atoms with E-state index in [0.717, 1.165) is 4.57 Å². The van der Waals surface area contributed by atoms with E-state index in [1.807, 2.05) is 6.92 Å². The first-order valence-electron chi connectivity index (χ1n) is 7.64. The third-order valence-corrected chi connectivity index (χ3v) is 3.39. The van der Waals surface area contributed by atoms with Crippen molar-refractivity contribution in [3.05, 3.63) is 18.2 Å². The third kappa shape index (κ3) is 6.13. The fourth-order valence-electron chi connectivity index (χ4n) is 2.07. The number of imidazole rings is 1. The van der Waals surface area contributed by atoms with Crippen LogP contribution in [0, 0.1) is 5.41 Å². The summed E-state index contributed by atoms with van der Waals surface area (Å²) < 4.78 is 31.9. The van der Waals surface area contributed by atoms with Crippen LogP contribution in [0.15, 0.2) is 17.4 Å². The van der Waals surface area contributed by atoms with Gasteiger partial charge >= 0.3 is 6.55 Å². The molecule has 2 N–H and O–H groups in total. The van der Waals surface area contributed by atoms with E-state index in [1.54, 1.807) is 7.11 Å². The second-order valence-corrected chi connectivity index (χ2v) is 6.19. The van der Waals surface area contributed by atoms with Gasteiger partial charge in [0.15, 0.2) is 5.96 Å². The Bertz CT molecular complexity index is 496. The van der Waals surface area contributed by atoms with Gasteiger partial charge < -0.3 is 15.4 Å². The van der Waals surface area contributed by atoms with Gasteiger partial charge in [0.25, 0.3) is 0 Å². The Morgan fingerprint density at radius 3 is 2.61 bits per heavy atom. The van der Waals surface area contributed by atoms with Crippen LogP contribution >= 0.6 is 0 Å². The molecule has 1 atom stereocenters. The minimum Gasteiger partial charge on any atom is -0.379 e. The number of guanidine groups is 1. The average Bonchev–Trinajstić information content (AvgIpc) is 2.92. The zero-order valence-corrected chi connectivity index (χ0v) is 14.4. The van der Waals surface area contributed by atoms with Crippen molar-refractivity contribution >= 4 is 5.96 Å². The smallest absolute Gasteiger partial charge is 0.319 e. The Balaban J connectivity index is 2.72. The van der Waals surface area contributed by atoms with E-state index in [9.17, 15) is 8.78 Å². The van der Waals surface area contributed by atoms with Crippen LogP contribution in [0.2, 0.25) is 0 Å². The molecule has 0 fully saturated rings. The quantitative estimate of drug-likeness (QED) is 0.595. The van der Waals surface area contributed by atoms with Crippen LogP contribution in [0.1, 0.15) is 40.1 Å². The summed E-state index contributed by atoms with van der Waals surface area (Å²) in [4.78, 5) is 8.23. The maximum Gasteiger partial charge on any atom is 0.319 e. The summed E-state index contributed by atoms with van der Waals surface area (Å²) in [6, 6.07) is 0. The second kappa shape index (κ2) is 8.81. The Kier molecular flexibility index (Phi) is 7.41. The van der Waals surface area contributed by atoms with Gasteiger partial charge in [0.1, 0.15) is 12.4 Å². The number of alkyl halides is 2. The van der Waals surface area contributed by atoms with Crippen molar-refractivity contribution in [2.75, 3.05) is 20.2 Å². The van der Waals surface area contributed by atoms with Gasteiger partial charge in [-0.3, -0.25) is 4.57 Å². The first-order chi connectivity index (χ1) is 10.8. The number of aromatic nitrogens is 2. The first-order valence-corrected chi connectivity index (χ1v) is 7.64. The van der Waals surface area contributed by atoms with Gasteiger partial charge in [-0.2, -0.15) is 8.78 Å². The van der Waals surface area contributed by atoms with Gasteiger partial charge in [-0.1, -0.05) is 20.8 Å². The molecule has 23 heavy (non-hydrogen) atoms. The fourth-order valence-corrected chi connectivity index (χ4v) is 2.07. The fraction of sp³-hybridized carbons (Fsp3) is 0.733. The highest BCUT2D eigenvalue weighted by molar-refractivity contribution is 5.79. The van der Waals surface area contributed by atoms with E-state index in [0.29, 0.717) is 19.0 Å². The second-order valence-electron chi connectivity index (χ2n) is 6.19. The molecule has 0 amide bonds. The lowest BCUT2D eigenvalue weighted by Crippen LogP contribution is -2.45. The number of hydrogen-bond donors (Lipinski definition) is 2. The van der Waals surface area contributed by atoms with Crippen molar-refractivity contribution in [3.63, 3.8) is 0 Å². The zero-order valence-electron chi connectivity index (χ0n) is 14.4. The number of nitrogens with zero attached hydrogens (tertiary/aromatic N) is 3. The van der Waals surface area contributed by atoms with Crippen LogP contribution in [0.25, 0.3) is 0 Å². The molecule has 1 aromatic heterocycles. The van der Waals surface area contributed by atoms with Gasteiger partial charge in [0, 0.05) is 32.6 Å². The predicted molar refractivity (Wildman–Crippen MR) is 86.6 cm³/mol. The molecule has 0 radical (unpaired) electrons. The van der Waals surface area contributed by atoms with E-state index < -0.39 is 6.55 Å². The molecule has 8 heteroatoms. The van der Waals surface area contributed by atoms with Crippen molar-refractivity contribution in [2.24, 2.45) is 10.4 Å². The molecule has 0 aliphatic heterocycles. The van der Waals surface area contributed by atoms with Crippen LogP contribution in [0.3, 0.4) is 0 Å². The van der Waals surface area contributed by atoms with Gasteiger partial charge in [0.05, 0.1) is 6.10 Å². The van der Waals surface area contributed by atoms with Crippen LogP contribution in [0.4, 0.5) is 8.78 Å². The van der Waals surface area contributed by atoms with Crippen LogP contribution in [0.5, 0.6) is 0 Å². The van der Waals surface area contributed by atoms with E-state index in [4.69, 9.17) is 4.74 Å². The summed E-state index contributed by atoms with van der Waals surface area (Å²) >= 11 is 0. The highest BCUT2D eigenvalue weighted by Gasteiger charge is 2.24. The number of nitrogens with one attached hydrogen (secondary N) is 2. The van der Waals surface area contributed by atoms with E-state index >= 15 is 0 Å². The van der Waals surface area contributed by atoms with Crippen LogP contribution in [-0.2, 0) is 11.3 Å². The Hall–Kier alpha value is -1.70. The Morgan fingerprint density at radius 2 is 2.09 bits per heavy atom. The van der Waals surface area contributed by atoms with Crippen molar-refractivity contribution in [3.8, 4) is 0 Å². The molecule has 0 bridgehead atoms. The Morgan fingerprint density at radius 1 is 1.39 bits per heavy atom. The molecule has 0 aromatic carbocycles. The predicted octanol–water partition coefficient (Wildman–Crippen LogP) is 2.39. The van der Waals surface area contributed by atoms with Gasteiger partial charge in [-0.25, -0.2) is 9.98 Å². The molecule has 132 valence electrons. The molecule has 0 saturated carbocycles. The minimum absolute atomic E-state index is 0.00518. The largest absolute Gasteiger partial charge is 0.379 e. The van der Waals surface area contributed by atoms with Crippen molar-refractivity contribution in [1.82, 2.24) is 20.2 Å². The average molecular weight is 331 g/mol. The molecule has 6 nitrogen and oxygen atoms in total. The lowest BCUT2D eigenvalue weighted by molar-refractivity contribution is 0.0205. The van der Waals surface area contributed by atoms with Gasteiger partial charge in [-0.15, -0.1) is 0 Å². The molecule has 0 aliphatic carbocycles. The normalized spacial score (nSPS) is 14.2. The number of halogens is 2. The van der Waals surface area contributed by atoms with Crippen LogP contribution in [-0.4, -0.2) is 41.8 Å². The Labute approximate surface area is 136 Å². The molecule has 0 saturated heterocycles. The van der Waals surface area contributed by atoms with Crippen LogP contribution < -0.4 is 10.6 Å². The molecular formula is C15H27F2N5O. The maximum atomic E-state index is 12.8. The van der Waals surface area contributed by atoms with Gasteiger partial charge in [0.2, 0.25) is 0 Å². The number of aliphatic imine (C=N–C) groups is 1. The zero-order chi connectivity index (χ0) is 17.5. The third-order valence-electron chi connectivity index (χ3n) is 3.39. The first kappa shape index (κ1) is 19.3. The molecule has 1 aromatic rings. The standard InChI is InChI=1S/C15H27F2N5O/c1-6-18-14(20-9-11(23-5)15(2,3)4)21-10-12-19-7-8-22(12)13(16)17/h7-8,11,13H,6,9-10H2,1-5H3,(H2,18,20,21). The lowest BCUT2D eigenvalue weighted by Gasteiger charge is -2.30. The summed E-state index contributed by atoms with van der Waals surface area (Å²) in [5.41, 5.74) is -0.0228. The van der Waals surface area contributed by atoms with Crippen molar-refractivity contribution in [2.45, 2.75) is 46.9 Å². The number of ether oxygens (including phenoxy) is 1. The molecule has 1 unspecified atom stereocenters. The van der Waals surface area contributed by atoms with E-state index in [2.05, 4.69) is 41.4 Å². The summed E-state index contributed by atoms with van der Waals surface area (Å²) in [5, 5.41) is 6.26. The van der Waals surface area contributed by atoms with E-state index in [1.165, 1.54) is 12.4 Å². The highest BCUT2D eigenvalue weighted by atomic mass is 19.3. The summed E-state index contributed by atoms with van der Waals surface area (Å²) in [6.07, 6.45) is 2.59. The molecular weight excluding hydrogens is 304 g/mol. The monoisotopic (exact) mass is 331 g/mol. The number of methoxy groups -OCH3 is 1. The molecule has 1 heterocycles. The topological polar surface area (TPSA) is 63.5 Å².